The van der Waals surface area contributed by atoms with Crippen LogP contribution in [0.4, 0.5) is 0 Å². The smallest absolute Gasteiger partial charge is 0.809 e. The number of amides is 1. The van der Waals surface area contributed by atoms with Gasteiger partial charge >= 0.3 is 59.1 Å². The van der Waals surface area contributed by atoms with Crippen molar-refractivity contribution < 1.29 is 93.3 Å². The van der Waals surface area contributed by atoms with Gasteiger partial charge in [-0.15, -0.1) is 0 Å². The molecule has 0 aromatic heterocycles. The van der Waals surface area contributed by atoms with Crippen molar-refractivity contribution in [2.75, 3.05) is 19.5 Å². The summed E-state index contributed by atoms with van der Waals surface area (Å²) in [6.07, 6.45) is -2.22. The molecular weight excluding hydrogens is 263 g/mol. The van der Waals surface area contributed by atoms with Crippen molar-refractivity contribution in [2.24, 2.45) is 0 Å². The van der Waals surface area contributed by atoms with Crippen LogP contribution < -0.4 is 68.9 Å². The van der Waals surface area contributed by atoms with E-state index in [4.69, 9.17) is 10.3 Å². The first-order valence-corrected chi connectivity index (χ1v) is 5.25. The molecule has 0 bridgehead atoms. The second-order valence-corrected chi connectivity index (χ2v) is 3.97. The van der Waals surface area contributed by atoms with Crippen molar-refractivity contribution in [3.05, 3.63) is 0 Å². The fourth-order valence-corrected chi connectivity index (χ4v) is 0.941. The topological polar surface area (TPSA) is 133 Å². The van der Waals surface area contributed by atoms with Crippen molar-refractivity contribution in [1.29, 1.82) is 0 Å². The minimum absolute atomic E-state index is 0. The van der Waals surface area contributed by atoms with Gasteiger partial charge in [0.1, 0.15) is 0 Å². The van der Waals surface area contributed by atoms with Crippen molar-refractivity contribution in [3.63, 3.8) is 0 Å². The van der Waals surface area contributed by atoms with Gasteiger partial charge in [0.05, 0.1) is 25.6 Å². The molecule has 0 rings (SSSR count). The molecule has 0 aromatic carbocycles. The third-order valence-electron chi connectivity index (χ3n) is 1.08. The zero-order valence-corrected chi connectivity index (χ0v) is 14.0. The predicted molar refractivity (Wildman–Crippen MR) is 39.0 cm³/mol. The Morgan fingerprint density at radius 2 is 1.94 bits per heavy atom. The number of hydroxylamine groups is 2. The zero-order valence-electron chi connectivity index (χ0n) is 9.11. The van der Waals surface area contributed by atoms with Gasteiger partial charge in [-0.1, -0.05) is 0 Å². The number of ether oxygens (including phenoxy) is 1. The van der Waals surface area contributed by atoms with Crippen LogP contribution in [0, 0.1) is 0 Å². The summed E-state index contributed by atoms with van der Waals surface area (Å²) < 4.78 is 14.4. The summed E-state index contributed by atoms with van der Waals surface area (Å²) in [5.41, 5.74) is 0. The Kier molecular flexibility index (Phi) is 16.4. The Balaban J connectivity index is -0.000000845. The third-order valence-corrected chi connectivity index (χ3v) is 1.58. The Hall–Kier alpha value is 1.50. The molecule has 84 valence electrons. The first kappa shape index (κ1) is 22.7. The van der Waals surface area contributed by atoms with Crippen LogP contribution in [-0.2, 0) is 14.1 Å². The van der Waals surface area contributed by atoms with Crippen molar-refractivity contribution in [3.8, 4) is 0 Å². The predicted octanol–water partition coefficient (Wildman–Crippen LogP) is -8.91. The van der Waals surface area contributed by atoms with Gasteiger partial charge in [0.15, 0.2) is 0 Å². The summed E-state index contributed by atoms with van der Waals surface area (Å²) in [6.45, 7) is -0.884. The Morgan fingerprint density at radius 3 is 2.31 bits per heavy atom. The molecule has 0 radical (unpaired) electrons. The first-order valence-electron chi connectivity index (χ1n) is 3.53. The molecule has 0 spiro atoms. The fraction of sp³-hybridized carbons (Fsp3) is 0.800. The maximum absolute atomic E-state index is 10.0. The molecule has 1 unspecified atom stereocenters. The van der Waals surface area contributed by atoms with Gasteiger partial charge in [-0.2, -0.15) is 0 Å². The van der Waals surface area contributed by atoms with Crippen LogP contribution in [0.15, 0.2) is 0 Å². The van der Waals surface area contributed by atoms with Crippen LogP contribution in [0.5, 0.6) is 0 Å². The van der Waals surface area contributed by atoms with E-state index in [1.54, 1.807) is 0 Å². The van der Waals surface area contributed by atoms with Crippen LogP contribution in [0.2, 0.25) is 0 Å². The van der Waals surface area contributed by atoms with E-state index in [1.807, 2.05) is 0 Å². The average molecular weight is 273 g/mol. The maximum atomic E-state index is 10.0. The van der Waals surface area contributed by atoms with E-state index < -0.39 is 33.2 Å². The number of rotatable bonds is 7. The van der Waals surface area contributed by atoms with E-state index in [0.717, 1.165) is 0 Å². The van der Waals surface area contributed by atoms with Gasteiger partial charge in [-0.25, -0.2) is 5.06 Å². The number of aliphatic hydroxyl groups excluding tert-OH is 1. The Bertz CT molecular complexity index is 225. The molecule has 1 atom stereocenters. The molecular formula is C5H10NNa2O7P. The first-order chi connectivity index (χ1) is 6.35. The Labute approximate surface area is 137 Å². The normalized spacial score (nSPS) is 12.0. The van der Waals surface area contributed by atoms with Crippen molar-refractivity contribution in [1.82, 2.24) is 5.06 Å². The van der Waals surface area contributed by atoms with Gasteiger partial charge in [0.2, 0.25) is 6.41 Å². The third kappa shape index (κ3) is 15.5. The van der Waals surface area contributed by atoms with Crippen molar-refractivity contribution in [2.45, 2.75) is 6.10 Å². The summed E-state index contributed by atoms with van der Waals surface area (Å²) in [7, 11) is -4.74. The molecule has 0 aliphatic carbocycles. The molecule has 0 fully saturated rings. The van der Waals surface area contributed by atoms with E-state index in [-0.39, 0.29) is 70.6 Å². The number of hydrogen-bond donors (Lipinski definition) is 2. The standard InChI is InChI=1S/C5H12NO7P.2Na/c7-3-6(9)1-5(8)2-13-4-14(10,11)12;;/h3,5,8-9H,1-2,4H2,(H2,10,11,12);;/q;2*+1/p-2. The summed E-state index contributed by atoms with van der Waals surface area (Å²) in [5.74, 6) is 0. The number of carbonyl (C=O) groups excluding carboxylic acids is 1. The summed E-state index contributed by atoms with van der Waals surface area (Å²) in [6, 6.07) is 0. The van der Waals surface area contributed by atoms with Gasteiger partial charge in [0, 0.05) is 0 Å². The molecule has 0 aromatic rings. The number of hydrogen-bond acceptors (Lipinski definition) is 7. The van der Waals surface area contributed by atoms with Crippen LogP contribution in [0.25, 0.3) is 0 Å². The SMILES string of the molecule is O=CN(O)CC(O)COCP(=O)([O-])[O-].[Na+].[Na+]. The fourth-order valence-electron chi connectivity index (χ4n) is 0.612. The molecule has 2 N–H and O–H groups in total. The second kappa shape index (κ2) is 11.6. The van der Waals surface area contributed by atoms with Gasteiger partial charge in [0.25, 0.3) is 0 Å². The van der Waals surface area contributed by atoms with E-state index >= 15 is 0 Å². The number of carbonyl (C=O) groups is 1. The second-order valence-electron chi connectivity index (χ2n) is 2.49. The van der Waals surface area contributed by atoms with Crippen LogP contribution in [0.3, 0.4) is 0 Å². The van der Waals surface area contributed by atoms with E-state index in [1.165, 1.54) is 0 Å². The van der Waals surface area contributed by atoms with Crippen LogP contribution in [0.1, 0.15) is 0 Å². The van der Waals surface area contributed by atoms with Crippen molar-refractivity contribution >= 4 is 14.0 Å². The Morgan fingerprint density at radius 1 is 1.44 bits per heavy atom. The molecule has 0 heterocycles. The molecule has 0 saturated heterocycles. The molecule has 16 heavy (non-hydrogen) atoms. The molecule has 11 heteroatoms. The largest absolute Gasteiger partial charge is 1.00 e. The van der Waals surface area contributed by atoms with Crippen LogP contribution in [-0.4, -0.2) is 47.4 Å². The van der Waals surface area contributed by atoms with E-state index in [0.29, 0.717) is 0 Å². The van der Waals surface area contributed by atoms with Gasteiger partial charge in [-0.3, -0.25) is 10.0 Å². The molecule has 0 aliphatic heterocycles. The van der Waals surface area contributed by atoms with Gasteiger partial charge in [-0.05, 0) is 7.60 Å². The summed E-state index contributed by atoms with van der Waals surface area (Å²) >= 11 is 0. The van der Waals surface area contributed by atoms with E-state index in [9.17, 15) is 19.1 Å². The minimum Gasteiger partial charge on any atom is -0.809 e. The molecule has 0 saturated carbocycles. The molecule has 8 nitrogen and oxygen atoms in total. The summed E-state index contributed by atoms with van der Waals surface area (Å²) in [4.78, 5) is 29.9. The monoisotopic (exact) mass is 273 g/mol. The number of aliphatic hydroxyl groups is 1. The molecule has 0 aliphatic rings. The van der Waals surface area contributed by atoms with Crippen LogP contribution >= 0.6 is 7.60 Å². The van der Waals surface area contributed by atoms with Gasteiger partial charge < -0.3 is 24.2 Å². The maximum Gasteiger partial charge on any atom is 1.00 e. The zero-order chi connectivity index (χ0) is 11.2. The molecule has 1 amide bonds. The summed E-state index contributed by atoms with van der Waals surface area (Å²) in [5, 5.41) is 17.7. The quantitative estimate of drug-likeness (QED) is 0.155. The minimum atomic E-state index is -4.74. The number of nitrogens with zero attached hydrogens (tertiary/aromatic N) is 1. The average Bonchev–Trinajstić information content (AvgIpc) is 2.01. The van der Waals surface area contributed by atoms with E-state index in [2.05, 4.69) is 4.74 Å².